The Morgan fingerprint density at radius 1 is 1.67 bits per heavy atom. The van der Waals surface area contributed by atoms with Gasteiger partial charge in [0, 0.05) is 6.04 Å². The van der Waals surface area contributed by atoms with Crippen molar-refractivity contribution in [2.24, 2.45) is 0 Å². The van der Waals surface area contributed by atoms with Gasteiger partial charge in [0.15, 0.2) is 0 Å². The number of hydrogen-bond acceptors (Lipinski definition) is 2. The number of nitrogens with one attached hydrogen (secondary N) is 1. The van der Waals surface area contributed by atoms with Crippen LogP contribution in [0.3, 0.4) is 0 Å². The summed E-state index contributed by atoms with van der Waals surface area (Å²) < 4.78 is 0. The summed E-state index contributed by atoms with van der Waals surface area (Å²) in [6.07, 6.45) is 7.13. The third-order valence-corrected chi connectivity index (χ3v) is 2.61. The molecule has 2 nitrogen and oxygen atoms in total. The van der Waals surface area contributed by atoms with E-state index in [0.29, 0.717) is 0 Å². The lowest BCUT2D eigenvalue weighted by Crippen LogP contribution is -2.48. The predicted octanol–water partition coefficient (Wildman–Crippen LogP) is 1.46. The van der Waals surface area contributed by atoms with E-state index < -0.39 is 5.60 Å². The average Bonchev–Trinajstić information content (AvgIpc) is 2.06. The van der Waals surface area contributed by atoms with Gasteiger partial charge in [0.05, 0.1) is 5.60 Å². The van der Waals surface area contributed by atoms with E-state index in [0.717, 1.165) is 25.8 Å². The van der Waals surface area contributed by atoms with Crippen LogP contribution in [0.5, 0.6) is 0 Å². The van der Waals surface area contributed by atoms with E-state index in [1.807, 2.05) is 13.0 Å². The first-order valence-electron chi connectivity index (χ1n) is 4.82. The summed E-state index contributed by atoms with van der Waals surface area (Å²) in [6.45, 7) is 5.02. The summed E-state index contributed by atoms with van der Waals surface area (Å²) in [6, 6.07) is 0.166. The second-order valence-electron chi connectivity index (χ2n) is 3.57. The van der Waals surface area contributed by atoms with E-state index in [2.05, 4.69) is 18.3 Å². The van der Waals surface area contributed by atoms with Gasteiger partial charge in [-0.05, 0) is 32.7 Å². The van der Waals surface area contributed by atoms with E-state index in [9.17, 15) is 5.11 Å². The molecule has 70 valence electrons. The van der Waals surface area contributed by atoms with Crippen LogP contribution in [0.4, 0.5) is 0 Å². The summed E-state index contributed by atoms with van der Waals surface area (Å²) in [7, 11) is 0. The van der Waals surface area contributed by atoms with Gasteiger partial charge in [-0.2, -0.15) is 0 Å². The molecule has 2 unspecified atom stereocenters. The van der Waals surface area contributed by atoms with E-state index in [1.54, 1.807) is 0 Å². The van der Waals surface area contributed by atoms with Gasteiger partial charge < -0.3 is 10.4 Å². The molecule has 0 radical (unpaired) electrons. The summed E-state index contributed by atoms with van der Waals surface area (Å²) in [5, 5.41) is 13.4. The molecule has 1 rings (SSSR count). The highest BCUT2D eigenvalue weighted by molar-refractivity contribution is 5.09. The highest BCUT2D eigenvalue weighted by Crippen LogP contribution is 2.25. The lowest BCUT2D eigenvalue weighted by Gasteiger charge is -2.34. The van der Waals surface area contributed by atoms with Crippen molar-refractivity contribution < 1.29 is 5.11 Å². The van der Waals surface area contributed by atoms with E-state index in [1.165, 1.54) is 0 Å². The lowest BCUT2D eigenvalue weighted by molar-refractivity contribution is 0.0409. The summed E-state index contributed by atoms with van der Waals surface area (Å²) in [5.41, 5.74) is -0.603. The summed E-state index contributed by atoms with van der Waals surface area (Å²) in [5.74, 6) is 0. The zero-order chi connectivity index (χ0) is 9.03. The molecule has 0 aromatic carbocycles. The van der Waals surface area contributed by atoms with Crippen molar-refractivity contribution in [1.82, 2.24) is 5.32 Å². The highest BCUT2D eigenvalue weighted by Gasteiger charge is 2.31. The average molecular weight is 169 g/mol. The molecule has 1 aliphatic carbocycles. The maximum absolute atomic E-state index is 10.1. The quantitative estimate of drug-likeness (QED) is 0.627. The first-order valence-corrected chi connectivity index (χ1v) is 4.82. The first kappa shape index (κ1) is 9.75. The number of allylic oxidation sites excluding steroid dienone is 1. The van der Waals surface area contributed by atoms with Gasteiger partial charge in [0.2, 0.25) is 0 Å². The normalized spacial score (nSPS) is 31.9. The van der Waals surface area contributed by atoms with Crippen molar-refractivity contribution in [2.45, 2.75) is 44.8 Å². The van der Waals surface area contributed by atoms with E-state index in [-0.39, 0.29) is 6.04 Å². The smallest absolute Gasteiger partial charge is 0.0977 e. The Hall–Kier alpha value is -0.340. The van der Waals surface area contributed by atoms with Crippen molar-refractivity contribution in [2.75, 3.05) is 6.54 Å². The van der Waals surface area contributed by atoms with E-state index in [4.69, 9.17) is 0 Å². The third-order valence-electron chi connectivity index (χ3n) is 2.61. The fraction of sp³-hybridized carbons (Fsp3) is 0.800. The fourth-order valence-electron chi connectivity index (χ4n) is 1.72. The molecule has 0 heterocycles. The van der Waals surface area contributed by atoms with Gasteiger partial charge in [-0.3, -0.25) is 0 Å². The molecule has 0 fully saturated rings. The van der Waals surface area contributed by atoms with Crippen LogP contribution in [0.15, 0.2) is 12.2 Å². The van der Waals surface area contributed by atoms with Gasteiger partial charge in [0.1, 0.15) is 0 Å². The molecule has 0 spiro atoms. The molecule has 0 saturated carbocycles. The van der Waals surface area contributed by atoms with Crippen molar-refractivity contribution in [1.29, 1.82) is 0 Å². The second kappa shape index (κ2) is 4.06. The number of aliphatic hydroxyl groups is 1. The van der Waals surface area contributed by atoms with Crippen LogP contribution in [0.2, 0.25) is 0 Å². The molecule has 0 aromatic heterocycles. The van der Waals surface area contributed by atoms with Crippen molar-refractivity contribution in [3.8, 4) is 0 Å². The van der Waals surface area contributed by atoms with Gasteiger partial charge in [0.25, 0.3) is 0 Å². The zero-order valence-corrected chi connectivity index (χ0v) is 8.01. The fourth-order valence-corrected chi connectivity index (χ4v) is 1.72. The molecular weight excluding hydrogens is 150 g/mol. The summed E-state index contributed by atoms with van der Waals surface area (Å²) in [4.78, 5) is 0. The van der Waals surface area contributed by atoms with Crippen molar-refractivity contribution >= 4 is 0 Å². The first-order chi connectivity index (χ1) is 5.69. The van der Waals surface area contributed by atoms with Crippen LogP contribution in [-0.2, 0) is 0 Å². The molecule has 0 aromatic rings. The zero-order valence-electron chi connectivity index (χ0n) is 8.01. The van der Waals surface area contributed by atoms with Crippen LogP contribution < -0.4 is 5.32 Å². The Labute approximate surface area is 74.7 Å². The lowest BCUT2D eigenvalue weighted by atomic mass is 9.85. The maximum Gasteiger partial charge on any atom is 0.0977 e. The molecule has 0 amide bonds. The molecule has 2 N–H and O–H groups in total. The molecule has 0 bridgehead atoms. The van der Waals surface area contributed by atoms with Gasteiger partial charge in [-0.25, -0.2) is 0 Å². The molecule has 2 atom stereocenters. The standard InChI is InChI=1S/C10H19NO/c1-3-11-9(2)10(12)7-5-4-6-8-10/h5,7,9,11-12H,3-4,6,8H2,1-2H3. The van der Waals surface area contributed by atoms with Gasteiger partial charge in [-0.15, -0.1) is 0 Å². The molecule has 2 heteroatoms. The topological polar surface area (TPSA) is 32.3 Å². The second-order valence-corrected chi connectivity index (χ2v) is 3.57. The minimum atomic E-state index is -0.603. The summed E-state index contributed by atoms with van der Waals surface area (Å²) >= 11 is 0. The Morgan fingerprint density at radius 2 is 2.42 bits per heavy atom. The Balaban J connectivity index is 2.56. The molecule has 12 heavy (non-hydrogen) atoms. The van der Waals surface area contributed by atoms with Gasteiger partial charge in [-0.1, -0.05) is 19.1 Å². The van der Waals surface area contributed by atoms with Crippen LogP contribution in [0.1, 0.15) is 33.1 Å². The Kier molecular flexibility index (Phi) is 3.29. The predicted molar refractivity (Wildman–Crippen MR) is 51.1 cm³/mol. The number of rotatable bonds is 3. The van der Waals surface area contributed by atoms with E-state index >= 15 is 0 Å². The van der Waals surface area contributed by atoms with Crippen LogP contribution in [-0.4, -0.2) is 23.3 Å². The minimum Gasteiger partial charge on any atom is -0.384 e. The molecular formula is C10H19NO. The molecule has 1 aliphatic rings. The third kappa shape index (κ3) is 2.08. The monoisotopic (exact) mass is 169 g/mol. The van der Waals surface area contributed by atoms with Crippen LogP contribution in [0.25, 0.3) is 0 Å². The SMILES string of the molecule is CCNC(C)C1(O)C=CCCC1. The Bertz CT molecular complexity index is 167. The molecule has 0 saturated heterocycles. The maximum atomic E-state index is 10.1. The highest BCUT2D eigenvalue weighted by atomic mass is 16.3. The number of likely N-dealkylation sites (N-methyl/N-ethyl adjacent to an activating group) is 1. The van der Waals surface area contributed by atoms with Crippen molar-refractivity contribution in [3.05, 3.63) is 12.2 Å². The molecule has 0 aliphatic heterocycles. The van der Waals surface area contributed by atoms with Crippen LogP contribution in [0, 0.1) is 0 Å². The van der Waals surface area contributed by atoms with Crippen LogP contribution >= 0.6 is 0 Å². The largest absolute Gasteiger partial charge is 0.384 e. The number of hydrogen-bond donors (Lipinski definition) is 2. The minimum absolute atomic E-state index is 0.166. The van der Waals surface area contributed by atoms with Crippen molar-refractivity contribution in [3.63, 3.8) is 0 Å². The van der Waals surface area contributed by atoms with Gasteiger partial charge >= 0.3 is 0 Å². The Morgan fingerprint density at radius 3 is 2.92 bits per heavy atom.